The Hall–Kier alpha value is -2.11. The van der Waals surface area contributed by atoms with Gasteiger partial charge in [-0.05, 0) is 37.8 Å². The first-order valence-corrected chi connectivity index (χ1v) is 8.04. The lowest BCUT2D eigenvalue weighted by Gasteiger charge is -2.34. The maximum atomic E-state index is 12.8. The number of hydrogen-bond donors (Lipinski definition) is 1. The first-order valence-electron chi connectivity index (χ1n) is 8.04. The number of carbonyl (C=O) groups excluding carboxylic acids is 1. The van der Waals surface area contributed by atoms with Crippen molar-refractivity contribution >= 4 is 5.91 Å². The lowest BCUT2D eigenvalue weighted by molar-refractivity contribution is 0.0599. The van der Waals surface area contributed by atoms with Crippen LogP contribution in [-0.4, -0.2) is 37.3 Å². The van der Waals surface area contributed by atoms with Gasteiger partial charge in [0.25, 0.3) is 5.91 Å². The molecule has 1 atom stereocenters. The molecule has 3 heterocycles. The Balaban J connectivity index is 1.81. The van der Waals surface area contributed by atoms with Gasteiger partial charge >= 0.3 is 0 Å². The molecule has 1 aliphatic heterocycles. The fourth-order valence-corrected chi connectivity index (χ4v) is 3.11. The van der Waals surface area contributed by atoms with Gasteiger partial charge in [0.2, 0.25) is 0 Å². The topological polar surface area (TPSA) is 66.8 Å². The molecule has 1 saturated heterocycles. The number of aromatic amines is 1. The van der Waals surface area contributed by atoms with Gasteiger partial charge in [0.15, 0.2) is 0 Å². The Morgan fingerprint density at radius 2 is 2.32 bits per heavy atom. The average molecular weight is 301 g/mol. The van der Waals surface area contributed by atoms with Crippen LogP contribution in [0.1, 0.15) is 60.5 Å². The van der Waals surface area contributed by atoms with Crippen molar-refractivity contribution in [2.75, 3.05) is 6.54 Å². The summed E-state index contributed by atoms with van der Waals surface area (Å²) in [4.78, 5) is 14.7. The predicted octanol–water partition coefficient (Wildman–Crippen LogP) is 2.46. The summed E-state index contributed by atoms with van der Waals surface area (Å²) >= 11 is 0. The molecule has 1 N–H and O–H groups in total. The van der Waals surface area contributed by atoms with Gasteiger partial charge in [0.05, 0.1) is 11.7 Å². The van der Waals surface area contributed by atoms with Crippen LogP contribution in [0.25, 0.3) is 0 Å². The Morgan fingerprint density at radius 3 is 3.05 bits per heavy atom. The van der Waals surface area contributed by atoms with Crippen molar-refractivity contribution in [3.8, 4) is 0 Å². The Morgan fingerprint density at radius 1 is 1.45 bits per heavy atom. The lowest BCUT2D eigenvalue weighted by atomic mass is 9.99. The molecule has 1 unspecified atom stereocenters. The number of rotatable bonds is 4. The molecule has 6 heteroatoms. The molecule has 0 aromatic carbocycles. The second-order valence-electron chi connectivity index (χ2n) is 5.95. The van der Waals surface area contributed by atoms with Gasteiger partial charge in [-0.3, -0.25) is 14.6 Å². The van der Waals surface area contributed by atoms with Gasteiger partial charge < -0.3 is 4.90 Å². The zero-order valence-corrected chi connectivity index (χ0v) is 13.2. The van der Waals surface area contributed by atoms with E-state index in [-0.39, 0.29) is 11.9 Å². The van der Waals surface area contributed by atoms with Gasteiger partial charge in [-0.1, -0.05) is 13.3 Å². The quantitative estimate of drug-likeness (QED) is 0.943. The summed E-state index contributed by atoms with van der Waals surface area (Å²) in [6.45, 7) is 2.89. The van der Waals surface area contributed by atoms with Crippen LogP contribution < -0.4 is 0 Å². The number of hydrogen-bond acceptors (Lipinski definition) is 3. The molecule has 22 heavy (non-hydrogen) atoms. The van der Waals surface area contributed by atoms with Crippen molar-refractivity contribution in [2.45, 2.75) is 45.1 Å². The van der Waals surface area contributed by atoms with Crippen molar-refractivity contribution in [3.05, 3.63) is 35.4 Å². The Bertz CT molecular complexity index is 645. The molecule has 118 valence electrons. The molecule has 2 aromatic rings. The van der Waals surface area contributed by atoms with Gasteiger partial charge in [-0.15, -0.1) is 0 Å². The number of piperidine rings is 1. The van der Waals surface area contributed by atoms with Crippen LogP contribution in [0.3, 0.4) is 0 Å². The number of H-pyrrole nitrogens is 1. The van der Waals surface area contributed by atoms with Crippen LogP contribution in [0.15, 0.2) is 18.3 Å². The van der Waals surface area contributed by atoms with Gasteiger partial charge in [-0.25, -0.2) is 0 Å². The number of amides is 1. The molecule has 6 nitrogen and oxygen atoms in total. The van der Waals surface area contributed by atoms with Crippen LogP contribution in [0.4, 0.5) is 0 Å². The molecule has 0 radical (unpaired) electrons. The molecule has 1 aliphatic rings. The van der Waals surface area contributed by atoms with Crippen LogP contribution in [0.2, 0.25) is 0 Å². The smallest absolute Gasteiger partial charge is 0.274 e. The summed E-state index contributed by atoms with van der Waals surface area (Å²) in [5.41, 5.74) is 2.52. The van der Waals surface area contributed by atoms with E-state index in [0.717, 1.165) is 50.0 Å². The summed E-state index contributed by atoms with van der Waals surface area (Å²) in [6, 6.07) is 3.95. The van der Waals surface area contributed by atoms with Crippen molar-refractivity contribution in [1.82, 2.24) is 24.9 Å². The van der Waals surface area contributed by atoms with E-state index < -0.39 is 0 Å². The van der Waals surface area contributed by atoms with E-state index in [0.29, 0.717) is 5.69 Å². The SMILES string of the molecule is CCCc1cc(C(=O)N2CCCCC2c2ccn(C)n2)n[nH]1. The van der Waals surface area contributed by atoms with E-state index >= 15 is 0 Å². The number of aryl methyl sites for hydroxylation is 2. The zero-order valence-electron chi connectivity index (χ0n) is 13.2. The molecule has 1 amide bonds. The van der Waals surface area contributed by atoms with E-state index in [4.69, 9.17) is 0 Å². The highest BCUT2D eigenvalue weighted by molar-refractivity contribution is 5.92. The zero-order chi connectivity index (χ0) is 15.5. The summed E-state index contributed by atoms with van der Waals surface area (Å²) in [5, 5.41) is 11.7. The van der Waals surface area contributed by atoms with Crippen LogP contribution in [0.5, 0.6) is 0 Å². The highest BCUT2D eigenvalue weighted by Crippen LogP contribution is 2.30. The second kappa shape index (κ2) is 6.34. The molecule has 1 fully saturated rings. The van der Waals surface area contributed by atoms with Crippen molar-refractivity contribution < 1.29 is 4.79 Å². The molecule has 0 saturated carbocycles. The predicted molar refractivity (Wildman–Crippen MR) is 83.4 cm³/mol. The van der Waals surface area contributed by atoms with Crippen molar-refractivity contribution in [3.63, 3.8) is 0 Å². The summed E-state index contributed by atoms with van der Waals surface area (Å²) in [5.74, 6) is 0.00829. The number of carbonyl (C=O) groups is 1. The highest BCUT2D eigenvalue weighted by Gasteiger charge is 2.31. The van der Waals surface area contributed by atoms with Gasteiger partial charge in [-0.2, -0.15) is 10.2 Å². The largest absolute Gasteiger partial charge is 0.329 e. The maximum Gasteiger partial charge on any atom is 0.274 e. The minimum atomic E-state index is 0.00829. The minimum absolute atomic E-state index is 0.00829. The van der Waals surface area contributed by atoms with E-state index in [1.54, 1.807) is 4.68 Å². The van der Waals surface area contributed by atoms with Gasteiger partial charge in [0.1, 0.15) is 5.69 Å². The molecule has 2 aromatic heterocycles. The maximum absolute atomic E-state index is 12.8. The van der Waals surface area contributed by atoms with Crippen LogP contribution in [-0.2, 0) is 13.5 Å². The highest BCUT2D eigenvalue weighted by atomic mass is 16.2. The van der Waals surface area contributed by atoms with Crippen molar-refractivity contribution in [2.24, 2.45) is 7.05 Å². The Labute approximate surface area is 130 Å². The summed E-state index contributed by atoms with van der Waals surface area (Å²) in [7, 11) is 1.91. The molecule has 0 bridgehead atoms. The van der Waals surface area contributed by atoms with Gasteiger partial charge in [0, 0.05) is 25.5 Å². The summed E-state index contributed by atoms with van der Waals surface area (Å²) in [6.07, 6.45) is 7.03. The van der Waals surface area contributed by atoms with Crippen molar-refractivity contribution in [1.29, 1.82) is 0 Å². The van der Waals surface area contributed by atoms with E-state index in [9.17, 15) is 4.79 Å². The fourth-order valence-electron chi connectivity index (χ4n) is 3.11. The molecular weight excluding hydrogens is 278 g/mol. The number of aromatic nitrogens is 4. The molecule has 0 aliphatic carbocycles. The first-order chi connectivity index (χ1) is 10.7. The minimum Gasteiger partial charge on any atom is -0.329 e. The monoisotopic (exact) mass is 301 g/mol. The standard InChI is InChI=1S/C16H23N5O/c1-3-6-12-11-14(18-17-12)16(22)21-9-5-4-7-15(21)13-8-10-20(2)19-13/h8,10-11,15H,3-7,9H2,1-2H3,(H,17,18). The fraction of sp³-hybridized carbons (Fsp3) is 0.562. The molecule has 3 rings (SSSR count). The number of nitrogens with zero attached hydrogens (tertiary/aromatic N) is 4. The van der Waals surface area contributed by atoms with E-state index in [1.807, 2.05) is 30.3 Å². The third kappa shape index (κ3) is 2.91. The van der Waals surface area contributed by atoms with E-state index in [1.165, 1.54) is 0 Å². The second-order valence-corrected chi connectivity index (χ2v) is 5.95. The van der Waals surface area contributed by atoms with Crippen LogP contribution in [0, 0.1) is 0 Å². The average Bonchev–Trinajstić information content (AvgIpc) is 3.16. The third-order valence-electron chi connectivity index (χ3n) is 4.21. The Kier molecular flexibility index (Phi) is 4.27. The molecular formula is C16H23N5O. The number of likely N-dealkylation sites (tertiary alicyclic amines) is 1. The first kappa shape index (κ1) is 14.8. The lowest BCUT2D eigenvalue weighted by Crippen LogP contribution is -2.39. The van der Waals surface area contributed by atoms with E-state index in [2.05, 4.69) is 22.2 Å². The third-order valence-corrected chi connectivity index (χ3v) is 4.21. The normalized spacial score (nSPS) is 18.6. The van der Waals surface area contributed by atoms with Crippen LogP contribution >= 0.6 is 0 Å². The summed E-state index contributed by atoms with van der Waals surface area (Å²) < 4.78 is 1.79. The molecule has 0 spiro atoms. The number of nitrogens with one attached hydrogen (secondary N) is 1.